The second-order valence-corrected chi connectivity index (χ2v) is 7.47. The number of imidazole rings is 1. The van der Waals surface area contributed by atoms with Crippen molar-refractivity contribution < 1.29 is 9.59 Å². The van der Waals surface area contributed by atoms with Crippen molar-refractivity contribution in [1.82, 2.24) is 14.9 Å². The molecule has 0 bridgehead atoms. The molecule has 28 heavy (non-hydrogen) atoms. The summed E-state index contributed by atoms with van der Waals surface area (Å²) in [6.45, 7) is 2.21. The summed E-state index contributed by atoms with van der Waals surface area (Å²) in [4.78, 5) is 28.7. The summed E-state index contributed by atoms with van der Waals surface area (Å²) in [5, 5.41) is 3.63. The van der Waals surface area contributed by atoms with E-state index in [1.165, 1.54) is 24.2 Å². The largest absolute Gasteiger partial charge is 0.345 e. The number of ketones is 1. The van der Waals surface area contributed by atoms with Crippen LogP contribution < -0.4 is 5.32 Å². The SMILES string of the molecule is CC(=O)[C@H](Cc1ccccc1)NC(=O)CSc1nccn1Cc1ccccc1. The number of amides is 1. The molecule has 0 aliphatic heterocycles. The van der Waals surface area contributed by atoms with Gasteiger partial charge in [0.2, 0.25) is 5.91 Å². The number of aromatic nitrogens is 2. The second-order valence-electron chi connectivity index (χ2n) is 6.53. The highest BCUT2D eigenvalue weighted by Gasteiger charge is 2.18. The van der Waals surface area contributed by atoms with Gasteiger partial charge in [0.05, 0.1) is 11.8 Å². The number of nitrogens with one attached hydrogen (secondary N) is 1. The van der Waals surface area contributed by atoms with Crippen LogP contribution >= 0.6 is 11.8 Å². The third-order valence-electron chi connectivity index (χ3n) is 4.31. The van der Waals surface area contributed by atoms with Gasteiger partial charge in [-0.3, -0.25) is 9.59 Å². The fourth-order valence-electron chi connectivity index (χ4n) is 2.85. The third-order valence-corrected chi connectivity index (χ3v) is 5.32. The molecule has 0 spiro atoms. The summed E-state index contributed by atoms with van der Waals surface area (Å²) >= 11 is 1.37. The van der Waals surface area contributed by atoms with Gasteiger partial charge >= 0.3 is 0 Å². The Kier molecular flexibility index (Phi) is 7.03. The van der Waals surface area contributed by atoms with E-state index in [-0.39, 0.29) is 17.4 Å². The van der Waals surface area contributed by atoms with E-state index >= 15 is 0 Å². The maximum atomic E-state index is 12.4. The van der Waals surface area contributed by atoms with E-state index in [4.69, 9.17) is 0 Å². The summed E-state index contributed by atoms with van der Waals surface area (Å²) in [6.07, 6.45) is 4.13. The van der Waals surface area contributed by atoms with Gasteiger partial charge in [0.25, 0.3) is 0 Å². The highest BCUT2D eigenvalue weighted by molar-refractivity contribution is 7.99. The molecule has 0 saturated heterocycles. The van der Waals surface area contributed by atoms with Crippen molar-refractivity contribution in [3.63, 3.8) is 0 Å². The van der Waals surface area contributed by atoms with Crippen LogP contribution in [0, 0.1) is 0 Å². The molecular formula is C22H23N3O2S. The van der Waals surface area contributed by atoms with Crippen molar-refractivity contribution >= 4 is 23.5 Å². The summed E-state index contributed by atoms with van der Waals surface area (Å²) in [5.41, 5.74) is 2.19. The van der Waals surface area contributed by atoms with E-state index in [1.807, 2.05) is 59.3 Å². The van der Waals surface area contributed by atoms with Crippen LogP contribution in [0.25, 0.3) is 0 Å². The number of rotatable bonds is 9. The highest BCUT2D eigenvalue weighted by atomic mass is 32.2. The number of hydrogen-bond acceptors (Lipinski definition) is 4. The molecule has 0 radical (unpaired) electrons. The monoisotopic (exact) mass is 393 g/mol. The summed E-state index contributed by atoms with van der Waals surface area (Å²) < 4.78 is 2.01. The van der Waals surface area contributed by atoms with Crippen molar-refractivity contribution in [2.24, 2.45) is 0 Å². The number of carbonyl (C=O) groups is 2. The lowest BCUT2D eigenvalue weighted by Gasteiger charge is -2.16. The van der Waals surface area contributed by atoms with E-state index in [1.54, 1.807) is 6.20 Å². The maximum Gasteiger partial charge on any atom is 0.231 e. The topological polar surface area (TPSA) is 64.0 Å². The van der Waals surface area contributed by atoms with E-state index in [0.29, 0.717) is 13.0 Å². The van der Waals surface area contributed by atoms with Gasteiger partial charge in [-0.05, 0) is 24.5 Å². The fourth-order valence-corrected chi connectivity index (χ4v) is 3.62. The van der Waals surface area contributed by atoms with Gasteiger partial charge in [-0.25, -0.2) is 4.98 Å². The number of Topliss-reactive ketones (excluding diaryl/α,β-unsaturated/α-hetero) is 1. The Morgan fingerprint density at radius 2 is 1.68 bits per heavy atom. The Hall–Kier alpha value is -2.86. The number of carbonyl (C=O) groups excluding carboxylic acids is 2. The van der Waals surface area contributed by atoms with Crippen LogP contribution in [0.15, 0.2) is 78.2 Å². The van der Waals surface area contributed by atoms with E-state index in [9.17, 15) is 9.59 Å². The Morgan fingerprint density at radius 3 is 2.32 bits per heavy atom. The normalized spacial score (nSPS) is 11.8. The lowest BCUT2D eigenvalue weighted by Crippen LogP contribution is -2.42. The molecule has 5 nitrogen and oxygen atoms in total. The maximum absolute atomic E-state index is 12.4. The van der Waals surface area contributed by atoms with Gasteiger partial charge in [0.15, 0.2) is 10.9 Å². The average molecular weight is 394 g/mol. The van der Waals surface area contributed by atoms with Crippen molar-refractivity contribution in [3.8, 4) is 0 Å². The summed E-state index contributed by atoms with van der Waals surface area (Å²) in [6, 6.07) is 19.3. The predicted molar refractivity (Wildman–Crippen MR) is 111 cm³/mol. The molecule has 0 unspecified atom stereocenters. The Labute approximate surface area is 169 Å². The lowest BCUT2D eigenvalue weighted by atomic mass is 10.0. The molecule has 2 aromatic carbocycles. The standard InChI is InChI=1S/C22H23N3O2S/c1-17(26)20(14-18-8-4-2-5-9-18)24-21(27)16-28-22-23-12-13-25(22)15-19-10-6-3-7-11-19/h2-13,20H,14-16H2,1H3,(H,24,27)/t20-/m0/s1. The summed E-state index contributed by atoms with van der Waals surface area (Å²) in [7, 11) is 0. The molecule has 1 aromatic heterocycles. The fraction of sp³-hybridized carbons (Fsp3) is 0.227. The molecule has 144 valence electrons. The Balaban J connectivity index is 1.55. The molecule has 6 heteroatoms. The van der Waals surface area contributed by atoms with Gasteiger partial charge in [0, 0.05) is 18.9 Å². The first-order chi connectivity index (χ1) is 13.6. The van der Waals surface area contributed by atoms with Crippen LogP contribution in [0.4, 0.5) is 0 Å². The van der Waals surface area contributed by atoms with Crippen LogP contribution in [0.1, 0.15) is 18.1 Å². The van der Waals surface area contributed by atoms with Gasteiger partial charge < -0.3 is 9.88 Å². The first kappa shape index (κ1) is 19.9. The lowest BCUT2D eigenvalue weighted by molar-refractivity contribution is -0.125. The van der Waals surface area contributed by atoms with Gasteiger partial charge in [-0.1, -0.05) is 72.4 Å². The molecule has 0 saturated carbocycles. The summed E-state index contributed by atoms with van der Waals surface area (Å²) in [5.74, 6) is -0.00661. The minimum absolute atomic E-state index is 0.0484. The molecule has 3 aromatic rings. The molecule has 0 aliphatic rings. The minimum atomic E-state index is -0.514. The molecule has 1 N–H and O–H groups in total. The van der Waals surface area contributed by atoms with E-state index < -0.39 is 6.04 Å². The molecule has 1 heterocycles. The van der Waals surface area contributed by atoms with E-state index in [0.717, 1.165) is 10.7 Å². The highest BCUT2D eigenvalue weighted by Crippen LogP contribution is 2.17. The van der Waals surface area contributed by atoms with Crippen molar-refractivity contribution in [2.75, 3.05) is 5.75 Å². The molecule has 3 rings (SSSR count). The predicted octanol–water partition coefficient (Wildman–Crippen LogP) is 3.34. The van der Waals surface area contributed by atoms with E-state index in [2.05, 4.69) is 22.4 Å². The van der Waals surface area contributed by atoms with Crippen LogP contribution in [-0.2, 0) is 22.6 Å². The smallest absolute Gasteiger partial charge is 0.231 e. The molecular weight excluding hydrogens is 370 g/mol. The third kappa shape index (κ3) is 5.82. The van der Waals surface area contributed by atoms with Crippen molar-refractivity contribution in [2.45, 2.75) is 31.1 Å². The number of benzene rings is 2. The number of hydrogen-bond donors (Lipinski definition) is 1. The zero-order valence-corrected chi connectivity index (χ0v) is 16.6. The molecule has 0 aliphatic carbocycles. The van der Waals surface area contributed by atoms with Gasteiger partial charge in [-0.2, -0.15) is 0 Å². The first-order valence-corrected chi connectivity index (χ1v) is 10.1. The zero-order chi connectivity index (χ0) is 19.8. The van der Waals surface area contributed by atoms with Gasteiger partial charge in [0.1, 0.15) is 0 Å². The average Bonchev–Trinajstić information content (AvgIpc) is 3.14. The molecule has 0 fully saturated rings. The minimum Gasteiger partial charge on any atom is -0.345 e. The molecule has 1 atom stereocenters. The van der Waals surface area contributed by atoms with Gasteiger partial charge in [-0.15, -0.1) is 0 Å². The van der Waals surface area contributed by atoms with Crippen LogP contribution in [0.5, 0.6) is 0 Å². The molecule has 1 amide bonds. The van der Waals surface area contributed by atoms with Crippen LogP contribution in [0.2, 0.25) is 0 Å². The quantitative estimate of drug-likeness (QED) is 0.567. The zero-order valence-electron chi connectivity index (χ0n) is 15.7. The van der Waals surface area contributed by atoms with Crippen molar-refractivity contribution in [1.29, 1.82) is 0 Å². The second kappa shape index (κ2) is 9.90. The van der Waals surface area contributed by atoms with Crippen molar-refractivity contribution in [3.05, 3.63) is 84.2 Å². The Morgan fingerprint density at radius 1 is 1.04 bits per heavy atom. The number of thioether (sulfide) groups is 1. The van der Waals surface area contributed by atoms with Crippen LogP contribution in [-0.4, -0.2) is 33.0 Å². The van der Waals surface area contributed by atoms with Crippen LogP contribution in [0.3, 0.4) is 0 Å². The first-order valence-electron chi connectivity index (χ1n) is 9.13. The number of nitrogens with zero attached hydrogens (tertiary/aromatic N) is 2. The Bertz CT molecular complexity index is 910.